The number of alkyl halides is 3. The second kappa shape index (κ2) is 5.74. The summed E-state index contributed by atoms with van der Waals surface area (Å²) in [4.78, 5) is 10.9. The quantitative estimate of drug-likeness (QED) is 0.908. The van der Waals surface area contributed by atoms with Gasteiger partial charge in [0.2, 0.25) is 5.91 Å². The van der Waals surface area contributed by atoms with E-state index in [4.69, 9.17) is 5.73 Å². The van der Waals surface area contributed by atoms with E-state index in [1.54, 1.807) is 24.3 Å². The molecule has 4 nitrogen and oxygen atoms in total. The van der Waals surface area contributed by atoms with Gasteiger partial charge in [0.1, 0.15) is 5.75 Å². The van der Waals surface area contributed by atoms with Crippen molar-refractivity contribution in [2.24, 2.45) is 5.73 Å². The Labute approximate surface area is 118 Å². The number of carbonyl (C=O) groups excluding carboxylic acids is 1. The maximum absolute atomic E-state index is 12.0. The lowest BCUT2D eigenvalue weighted by molar-refractivity contribution is -0.274. The molecule has 0 bridgehead atoms. The van der Waals surface area contributed by atoms with Gasteiger partial charge in [-0.25, -0.2) is 0 Å². The Bertz CT molecular complexity index is 622. The minimum absolute atomic E-state index is 0.294. The first-order valence-electron chi connectivity index (χ1n) is 5.86. The molecule has 21 heavy (non-hydrogen) atoms. The lowest BCUT2D eigenvalue weighted by Crippen LogP contribution is -2.16. The number of ether oxygens (including phenoxy) is 1. The molecule has 2 aromatic rings. The molecule has 0 heterocycles. The molecule has 110 valence electrons. The van der Waals surface area contributed by atoms with Crippen molar-refractivity contribution in [2.45, 2.75) is 6.36 Å². The highest BCUT2D eigenvalue weighted by Crippen LogP contribution is 2.25. The normalized spacial score (nSPS) is 11.0. The molecule has 0 saturated heterocycles. The van der Waals surface area contributed by atoms with Crippen molar-refractivity contribution in [3.05, 3.63) is 54.1 Å². The van der Waals surface area contributed by atoms with Gasteiger partial charge < -0.3 is 15.8 Å². The van der Waals surface area contributed by atoms with E-state index in [0.717, 1.165) is 0 Å². The Morgan fingerprint density at radius 3 is 1.86 bits per heavy atom. The number of carbonyl (C=O) groups is 1. The van der Waals surface area contributed by atoms with Crippen LogP contribution in [0.4, 0.5) is 24.5 Å². The fourth-order valence-corrected chi connectivity index (χ4v) is 1.62. The molecule has 0 aromatic heterocycles. The van der Waals surface area contributed by atoms with Gasteiger partial charge in [-0.15, -0.1) is 13.2 Å². The summed E-state index contributed by atoms with van der Waals surface area (Å²) in [6.07, 6.45) is -4.71. The third kappa shape index (κ3) is 4.41. The Kier molecular flexibility index (Phi) is 4.02. The summed E-state index contributed by atoms with van der Waals surface area (Å²) in [5, 5.41) is 2.97. The fourth-order valence-electron chi connectivity index (χ4n) is 1.62. The number of hydrogen-bond acceptors (Lipinski definition) is 3. The Hall–Kier alpha value is -2.70. The third-order valence-electron chi connectivity index (χ3n) is 2.55. The molecule has 0 saturated carbocycles. The summed E-state index contributed by atoms with van der Waals surface area (Å²) in [5.41, 5.74) is 6.74. The van der Waals surface area contributed by atoms with Gasteiger partial charge in [-0.3, -0.25) is 4.79 Å². The van der Waals surface area contributed by atoms with E-state index in [1.165, 1.54) is 24.3 Å². The van der Waals surface area contributed by atoms with Crippen LogP contribution in [-0.4, -0.2) is 12.3 Å². The molecule has 3 N–H and O–H groups in total. The summed E-state index contributed by atoms with van der Waals surface area (Å²) in [6, 6.07) is 11.7. The molecule has 0 aliphatic heterocycles. The molecule has 0 aliphatic carbocycles. The predicted octanol–water partition coefficient (Wildman–Crippen LogP) is 3.43. The molecule has 0 spiro atoms. The van der Waals surface area contributed by atoms with Gasteiger partial charge in [0.25, 0.3) is 0 Å². The van der Waals surface area contributed by atoms with Crippen molar-refractivity contribution in [2.75, 3.05) is 5.32 Å². The smallest absolute Gasteiger partial charge is 0.406 e. The first kappa shape index (κ1) is 14.7. The first-order chi connectivity index (χ1) is 9.83. The largest absolute Gasteiger partial charge is 0.573 e. The van der Waals surface area contributed by atoms with E-state index >= 15 is 0 Å². The van der Waals surface area contributed by atoms with Crippen LogP contribution >= 0.6 is 0 Å². The third-order valence-corrected chi connectivity index (χ3v) is 2.55. The number of rotatable bonds is 4. The number of nitrogens with one attached hydrogen (secondary N) is 1. The fraction of sp³-hybridized carbons (Fsp3) is 0.0714. The highest BCUT2D eigenvalue weighted by atomic mass is 19.4. The van der Waals surface area contributed by atoms with E-state index in [9.17, 15) is 18.0 Å². The van der Waals surface area contributed by atoms with Crippen molar-refractivity contribution < 1.29 is 22.7 Å². The molecule has 2 rings (SSSR count). The van der Waals surface area contributed by atoms with Crippen LogP contribution in [0.15, 0.2) is 48.5 Å². The zero-order valence-electron chi connectivity index (χ0n) is 10.6. The van der Waals surface area contributed by atoms with Crippen LogP contribution in [0.1, 0.15) is 10.4 Å². The standard InChI is InChI=1S/C14H11F3N2O2/c15-14(16,17)21-12-7-5-11(6-8-12)19-10-3-1-9(2-4-10)13(18)20/h1-8,19H,(H2,18,20). The van der Waals surface area contributed by atoms with Crippen LogP contribution in [0.2, 0.25) is 0 Å². The molecule has 0 aliphatic rings. The van der Waals surface area contributed by atoms with Gasteiger partial charge >= 0.3 is 6.36 Å². The minimum Gasteiger partial charge on any atom is -0.406 e. The zero-order chi connectivity index (χ0) is 15.5. The number of primary amides is 1. The molecular formula is C14H11F3N2O2. The number of hydrogen-bond donors (Lipinski definition) is 2. The van der Waals surface area contributed by atoms with Gasteiger partial charge in [0.15, 0.2) is 0 Å². The van der Waals surface area contributed by atoms with E-state index in [-0.39, 0.29) is 5.75 Å². The summed E-state index contributed by atoms with van der Waals surface area (Å²) in [5.74, 6) is -0.827. The summed E-state index contributed by atoms with van der Waals surface area (Å²) < 4.78 is 39.8. The minimum atomic E-state index is -4.71. The Morgan fingerprint density at radius 2 is 1.43 bits per heavy atom. The van der Waals surface area contributed by atoms with E-state index < -0.39 is 12.3 Å². The van der Waals surface area contributed by atoms with Crippen molar-refractivity contribution in [1.82, 2.24) is 0 Å². The molecule has 2 aromatic carbocycles. The van der Waals surface area contributed by atoms with Crippen LogP contribution in [0.3, 0.4) is 0 Å². The second-order valence-corrected chi connectivity index (χ2v) is 4.14. The topological polar surface area (TPSA) is 64.4 Å². The molecule has 1 amide bonds. The van der Waals surface area contributed by atoms with Gasteiger partial charge in [0.05, 0.1) is 0 Å². The van der Waals surface area contributed by atoms with Gasteiger partial charge in [0, 0.05) is 16.9 Å². The Morgan fingerprint density at radius 1 is 0.952 bits per heavy atom. The van der Waals surface area contributed by atoms with Gasteiger partial charge in [-0.05, 0) is 48.5 Å². The average Bonchev–Trinajstić information content (AvgIpc) is 2.40. The predicted molar refractivity (Wildman–Crippen MR) is 71.4 cm³/mol. The molecule has 0 fully saturated rings. The number of amides is 1. The molecule has 0 unspecified atom stereocenters. The lowest BCUT2D eigenvalue weighted by Gasteiger charge is -2.10. The molecule has 0 radical (unpaired) electrons. The van der Waals surface area contributed by atoms with E-state index in [2.05, 4.69) is 10.1 Å². The van der Waals surface area contributed by atoms with E-state index in [0.29, 0.717) is 16.9 Å². The average molecular weight is 296 g/mol. The van der Waals surface area contributed by atoms with Gasteiger partial charge in [-0.1, -0.05) is 0 Å². The van der Waals surface area contributed by atoms with Crippen LogP contribution < -0.4 is 15.8 Å². The number of benzene rings is 2. The summed E-state index contributed by atoms with van der Waals surface area (Å²) in [7, 11) is 0. The van der Waals surface area contributed by atoms with Crippen molar-refractivity contribution in [3.63, 3.8) is 0 Å². The zero-order valence-corrected chi connectivity index (χ0v) is 10.6. The molecule has 0 atom stereocenters. The lowest BCUT2D eigenvalue weighted by atomic mass is 10.2. The highest BCUT2D eigenvalue weighted by molar-refractivity contribution is 5.93. The van der Waals surface area contributed by atoms with Gasteiger partial charge in [-0.2, -0.15) is 0 Å². The highest BCUT2D eigenvalue weighted by Gasteiger charge is 2.30. The van der Waals surface area contributed by atoms with Crippen LogP contribution in [-0.2, 0) is 0 Å². The summed E-state index contributed by atoms with van der Waals surface area (Å²) in [6.45, 7) is 0. The van der Waals surface area contributed by atoms with Crippen molar-refractivity contribution in [1.29, 1.82) is 0 Å². The van der Waals surface area contributed by atoms with Crippen molar-refractivity contribution in [3.8, 4) is 5.75 Å². The van der Waals surface area contributed by atoms with E-state index in [1.807, 2.05) is 0 Å². The second-order valence-electron chi connectivity index (χ2n) is 4.14. The SMILES string of the molecule is NC(=O)c1ccc(Nc2ccc(OC(F)(F)F)cc2)cc1. The first-order valence-corrected chi connectivity index (χ1v) is 5.86. The number of anilines is 2. The summed E-state index contributed by atoms with van der Waals surface area (Å²) >= 11 is 0. The van der Waals surface area contributed by atoms with Crippen LogP contribution in [0.25, 0.3) is 0 Å². The van der Waals surface area contributed by atoms with Crippen molar-refractivity contribution >= 4 is 17.3 Å². The number of nitrogens with two attached hydrogens (primary N) is 1. The monoisotopic (exact) mass is 296 g/mol. The van der Waals surface area contributed by atoms with Crippen LogP contribution in [0, 0.1) is 0 Å². The maximum Gasteiger partial charge on any atom is 0.573 e. The number of halogens is 3. The maximum atomic E-state index is 12.0. The van der Waals surface area contributed by atoms with Crippen LogP contribution in [0.5, 0.6) is 5.75 Å². The molecule has 7 heteroatoms. The Balaban J connectivity index is 2.04. The molecular weight excluding hydrogens is 285 g/mol.